The van der Waals surface area contributed by atoms with E-state index >= 15 is 0 Å². The fraction of sp³-hybridized carbons (Fsp3) is 0.611. The van der Waals surface area contributed by atoms with Crippen LogP contribution in [-0.4, -0.2) is 53.4 Å². The highest BCUT2D eigenvalue weighted by molar-refractivity contribution is 6.62. The first-order valence-corrected chi connectivity index (χ1v) is 8.62. The standard InChI is InChI=1S/C18H26BNO4/c1-17(2)18(3,4)24-19(23-17)14-7-5-13(6-8-14)16(22)20-11-9-15(21)10-12-20/h5-8,15,21H,9-12H2,1-4H3. The molecule has 2 saturated heterocycles. The molecule has 1 aromatic carbocycles. The fourth-order valence-electron chi connectivity index (χ4n) is 3.01. The SMILES string of the molecule is CC1(C)OB(c2ccc(C(=O)N3CCC(O)CC3)cc2)OC1(C)C. The smallest absolute Gasteiger partial charge is 0.399 e. The number of carbonyl (C=O) groups excluding carboxylic acids is 1. The third-order valence-corrected chi connectivity index (χ3v) is 5.43. The molecule has 130 valence electrons. The molecule has 0 unspecified atom stereocenters. The molecular weight excluding hydrogens is 305 g/mol. The van der Waals surface area contributed by atoms with Crippen LogP contribution < -0.4 is 5.46 Å². The molecule has 0 saturated carbocycles. The normalized spacial score (nSPS) is 23.5. The predicted octanol–water partition coefficient (Wildman–Crippen LogP) is 1.58. The summed E-state index contributed by atoms with van der Waals surface area (Å²) in [7, 11) is -0.413. The maximum Gasteiger partial charge on any atom is 0.494 e. The molecule has 0 aromatic heterocycles. The number of likely N-dealkylation sites (tertiary alicyclic amines) is 1. The van der Waals surface area contributed by atoms with E-state index in [0.29, 0.717) is 31.5 Å². The van der Waals surface area contributed by atoms with Crippen molar-refractivity contribution in [3.05, 3.63) is 29.8 Å². The molecule has 24 heavy (non-hydrogen) atoms. The van der Waals surface area contributed by atoms with Gasteiger partial charge in [0.15, 0.2) is 0 Å². The van der Waals surface area contributed by atoms with Crippen LogP contribution in [0.2, 0.25) is 0 Å². The van der Waals surface area contributed by atoms with Gasteiger partial charge in [0, 0.05) is 18.7 Å². The highest BCUT2D eigenvalue weighted by atomic mass is 16.7. The van der Waals surface area contributed by atoms with Crippen molar-refractivity contribution in [3.8, 4) is 0 Å². The van der Waals surface area contributed by atoms with E-state index < -0.39 is 7.12 Å². The Labute approximate surface area is 144 Å². The first-order valence-electron chi connectivity index (χ1n) is 8.62. The van der Waals surface area contributed by atoms with Gasteiger partial charge in [-0.3, -0.25) is 4.79 Å². The van der Waals surface area contributed by atoms with Gasteiger partial charge in [0.05, 0.1) is 17.3 Å². The maximum absolute atomic E-state index is 12.5. The molecule has 0 atom stereocenters. The molecule has 5 nitrogen and oxygen atoms in total. The summed E-state index contributed by atoms with van der Waals surface area (Å²) in [6.45, 7) is 9.31. The molecule has 0 aliphatic carbocycles. The van der Waals surface area contributed by atoms with Crippen LogP contribution in [0.4, 0.5) is 0 Å². The molecule has 6 heteroatoms. The first-order chi connectivity index (χ1) is 11.2. The lowest BCUT2D eigenvalue weighted by Crippen LogP contribution is -2.41. The number of carbonyl (C=O) groups is 1. The lowest BCUT2D eigenvalue weighted by Gasteiger charge is -2.32. The van der Waals surface area contributed by atoms with Gasteiger partial charge in [0.25, 0.3) is 5.91 Å². The molecule has 0 spiro atoms. The minimum atomic E-state index is -0.413. The number of benzene rings is 1. The largest absolute Gasteiger partial charge is 0.494 e. The van der Waals surface area contributed by atoms with Crippen LogP contribution in [0.5, 0.6) is 0 Å². The van der Waals surface area contributed by atoms with E-state index in [4.69, 9.17) is 9.31 Å². The van der Waals surface area contributed by atoms with Gasteiger partial charge < -0.3 is 19.3 Å². The fourth-order valence-corrected chi connectivity index (χ4v) is 3.01. The number of rotatable bonds is 2. The van der Waals surface area contributed by atoms with Crippen molar-refractivity contribution >= 4 is 18.5 Å². The predicted molar refractivity (Wildman–Crippen MR) is 93.3 cm³/mol. The Balaban J connectivity index is 1.69. The van der Waals surface area contributed by atoms with E-state index in [-0.39, 0.29) is 23.2 Å². The second-order valence-corrected chi connectivity index (χ2v) is 7.73. The Kier molecular flexibility index (Phi) is 4.49. The summed E-state index contributed by atoms with van der Waals surface area (Å²) in [5.74, 6) is 0.0161. The zero-order valence-corrected chi connectivity index (χ0v) is 14.9. The van der Waals surface area contributed by atoms with Gasteiger partial charge >= 0.3 is 7.12 Å². The Morgan fingerprint density at radius 2 is 1.58 bits per heavy atom. The van der Waals surface area contributed by atoms with E-state index in [1.807, 2.05) is 52.0 Å². The summed E-state index contributed by atoms with van der Waals surface area (Å²) in [4.78, 5) is 14.3. The zero-order valence-electron chi connectivity index (χ0n) is 14.9. The Bertz CT molecular complexity index is 590. The Hall–Kier alpha value is -1.37. The van der Waals surface area contributed by atoms with Crippen LogP contribution in [0.3, 0.4) is 0 Å². The monoisotopic (exact) mass is 331 g/mol. The number of amides is 1. The summed E-state index contributed by atoms with van der Waals surface area (Å²) in [5, 5.41) is 9.56. The van der Waals surface area contributed by atoms with Gasteiger partial charge in [0.1, 0.15) is 0 Å². The van der Waals surface area contributed by atoms with Crippen molar-refractivity contribution < 1.29 is 19.2 Å². The quantitative estimate of drug-likeness (QED) is 0.836. The van der Waals surface area contributed by atoms with Crippen LogP contribution in [-0.2, 0) is 9.31 Å². The number of piperidine rings is 1. The van der Waals surface area contributed by atoms with Crippen molar-refractivity contribution in [1.29, 1.82) is 0 Å². The van der Waals surface area contributed by atoms with Crippen molar-refractivity contribution in [2.45, 2.75) is 57.8 Å². The van der Waals surface area contributed by atoms with Gasteiger partial charge in [-0.2, -0.15) is 0 Å². The molecule has 1 aromatic rings. The number of nitrogens with zero attached hydrogens (tertiary/aromatic N) is 1. The molecule has 2 fully saturated rings. The van der Waals surface area contributed by atoms with Crippen LogP contribution >= 0.6 is 0 Å². The first kappa shape index (κ1) is 17.5. The lowest BCUT2D eigenvalue weighted by atomic mass is 9.79. The number of hydrogen-bond acceptors (Lipinski definition) is 4. The van der Waals surface area contributed by atoms with E-state index in [1.54, 1.807) is 4.90 Å². The van der Waals surface area contributed by atoms with Crippen LogP contribution in [0.25, 0.3) is 0 Å². The molecule has 3 rings (SSSR count). The van der Waals surface area contributed by atoms with Gasteiger partial charge in [-0.05, 0) is 58.1 Å². The van der Waals surface area contributed by atoms with Crippen molar-refractivity contribution in [2.75, 3.05) is 13.1 Å². The molecule has 1 amide bonds. The summed E-state index contributed by atoms with van der Waals surface area (Å²) < 4.78 is 12.1. The van der Waals surface area contributed by atoms with Gasteiger partial charge in [-0.15, -0.1) is 0 Å². The molecule has 2 heterocycles. The second kappa shape index (κ2) is 6.17. The summed E-state index contributed by atoms with van der Waals surface area (Å²) in [6.07, 6.45) is 1.02. The van der Waals surface area contributed by atoms with Crippen molar-refractivity contribution in [2.24, 2.45) is 0 Å². The minimum Gasteiger partial charge on any atom is -0.399 e. The average Bonchev–Trinajstić information content (AvgIpc) is 2.76. The zero-order chi connectivity index (χ0) is 17.5. The summed E-state index contributed by atoms with van der Waals surface area (Å²) in [6, 6.07) is 7.45. The molecule has 2 aliphatic rings. The van der Waals surface area contributed by atoms with Crippen LogP contribution in [0.15, 0.2) is 24.3 Å². The van der Waals surface area contributed by atoms with Crippen molar-refractivity contribution in [1.82, 2.24) is 4.90 Å². The number of aliphatic hydroxyl groups is 1. The van der Waals surface area contributed by atoms with Crippen molar-refractivity contribution in [3.63, 3.8) is 0 Å². The highest BCUT2D eigenvalue weighted by Crippen LogP contribution is 2.36. The van der Waals surface area contributed by atoms with E-state index in [0.717, 1.165) is 5.46 Å². The third-order valence-electron chi connectivity index (χ3n) is 5.43. The Morgan fingerprint density at radius 1 is 1.08 bits per heavy atom. The highest BCUT2D eigenvalue weighted by Gasteiger charge is 2.51. The molecule has 0 radical (unpaired) electrons. The van der Waals surface area contributed by atoms with E-state index in [9.17, 15) is 9.90 Å². The van der Waals surface area contributed by atoms with Gasteiger partial charge in [-0.25, -0.2) is 0 Å². The maximum atomic E-state index is 12.5. The third kappa shape index (κ3) is 3.23. The van der Waals surface area contributed by atoms with Crippen LogP contribution in [0.1, 0.15) is 50.9 Å². The average molecular weight is 331 g/mol. The lowest BCUT2D eigenvalue weighted by molar-refractivity contribution is 0.00578. The summed E-state index contributed by atoms with van der Waals surface area (Å²) in [5.41, 5.74) is 0.827. The van der Waals surface area contributed by atoms with E-state index in [2.05, 4.69) is 0 Å². The number of hydrogen-bond donors (Lipinski definition) is 1. The minimum absolute atomic E-state index is 0.0161. The molecule has 1 N–H and O–H groups in total. The second-order valence-electron chi connectivity index (χ2n) is 7.73. The summed E-state index contributed by atoms with van der Waals surface area (Å²) >= 11 is 0. The van der Waals surface area contributed by atoms with E-state index in [1.165, 1.54) is 0 Å². The van der Waals surface area contributed by atoms with Gasteiger partial charge in [-0.1, -0.05) is 12.1 Å². The molecular formula is C18H26BNO4. The Morgan fingerprint density at radius 3 is 2.08 bits per heavy atom. The molecule has 0 bridgehead atoms. The van der Waals surface area contributed by atoms with Gasteiger partial charge in [0.2, 0.25) is 0 Å². The van der Waals surface area contributed by atoms with Crippen LogP contribution in [0, 0.1) is 0 Å². The topological polar surface area (TPSA) is 59.0 Å². The molecule has 2 aliphatic heterocycles. The number of aliphatic hydroxyl groups excluding tert-OH is 1.